The Labute approximate surface area is 246 Å². The van der Waals surface area contributed by atoms with Gasteiger partial charge >= 0.3 is 0 Å². The summed E-state index contributed by atoms with van der Waals surface area (Å²) in [5, 5.41) is 11.2. The van der Waals surface area contributed by atoms with E-state index in [9.17, 15) is 9.18 Å². The second-order valence-electron chi connectivity index (χ2n) is 10.8. The van der Waals surface area contributed by atoms with Crippen molar-refractivity contribution in [1.29, 1.82) is 0 Å². The van der Waals surface area contributed by atoms with Gasteiger partial charge in [0.05, 0.1) is 40.5 Å². The van der Waals surface area contributed by atoms with Gasteiger partial charge < -0.3 is 19.9 Å². The molecule has 0 bridgehead atoms. The van der Waals surface area contributed by atoms with Crippen molar-refractivity contribution in [2.24, 2.45) is 5.92 Å². The molecule has 11 nitrogen and oxygen atoms in total. The maximum absolute atomic E-state index is 14.6. The third-order valence-corrected chi connectivity index (χ3v) is 6.85. The summed E-state index contributed by atoms with van der Waals surface area (Å²) in [5.74, 6) is 0.266. The molecule has 43 heavy (non-hydrogen) atoms. The topological polar surface area (TPSA) is 138 Å². The lowest BCUT2D eigenvalue weighted by molar-refractivity contribution is -0.118. The third-order valence-electron chi connectivity index (χ3n) is 6.85. The van der Waals surface area contributed by atoms with Crippen molar-refractivity contribution < 1.29 is 13.9 Å². The molecular weight excluding hydrogens is 549 g/mol. The number of nitrogens with one attached hydrogen (secondary N) is 3. The van der Waals surface area contributed by atoms with Crippen LogP contribution in [0.15, 0.2) is 61.2 Å². The summed E-state index contributed by atoms with van der Waals surface area (Å²) < 4.78 is 20.4. The molecule has 0 aliphatic carbocycles. The normalized spacial score (nSPS) is 11.6. The van der Waals surface area contributed by atoms with Crippen molar-refractivity contribution in [3.63, 3.8) is 0 Å². The number of nitrogens with zero attached hydrogens (tertiary/aromatic N) is 6. The maximum Gasteiger partial charge on any atom is 0.226 e. The number of pyridine rings is 3. The van der Waals surface area contributed by atoms with Crippen LogP contribution in [0.5, 0.6) is 5.75 Å². The molecule has 1 aromatic carbocycles. The average Bonchev–Trinajstić information content (AvgIpc) is 3.60. The number of hydrogen-bond acceptors (Lipinski definition) is 8. The van der Waals surface area contributed by atoms with E-state index in [-0.39, 0.29) is 11.8 Å². The molecule has 0 atom stereocenters. The van der Waals surface area contributed by atoms with Gasteiger partial charge in [0.2, 0.25) is 5.91 Å². The highest BCUT2D eigenvalue weighted by molar-refractivity contribution is 5.97. The fraction of sp³-hybridized carbons (Fsp3) is 0.226. The Morgan fingerprint density at radius 3 is 2.70 bits per heavy atom. The number of carbonyl (C=O) groups is 1. The summed E-state index contributed by atoms with van der Waals surface area (Å²) in [6.07, 6.45) is 6.64. The van der Waals surface area contributed by atoms with E-state index in [1.165, 1.54) is 12.1 Å². The van der Waals surface area contributed by atoms with E-state index in [1.54, 1.807) is 30.9 Å². The summed E-state index contributed by atoms with van der Waals surface area (Å²) >= 11 is 0. The van der Waals surface area contributed by atoms with E-state index in [0.717, 1.165) is 22.0 Å². The zero-order chi connectivity index (χ0) is 30.1. The van der Waals surface area contributed by atoms with Crippen molar-refractivity contribution in [2.45, 2.75) is 13.8 Å². The molecule has 0 saturated heterocycles. The highest BCUT2D eigenvalue weighted by Gasteiger charge is 2.18. The maximum atomic E-state index is 14.6. The van der Waals surface area contributed by atoms with E-state index in [1.807, 2.05) is 51.0 Å². The van der Waals surface area contributed by atoms with Crippen LogP contribution >= 0.6 is 0 Å². The number of aromatic nitrogens is 7. The van der Waals surface area contributed by atoms with Gasteiger partial charge in [0.1, 0.15) is 29.4 Å². The van der Waals surface area contributed by atoms with Crippen LogP contribution in [0.2, 0.25) is 0 Å². The molecule has 3 N–H and O–H groups in total. The van der Waals surface area contributed by atoms with E-state index in [2.05, 4.69) is 35.5 Å². The summed E-state index contributed by atoms with van der Waals surface area (Å²) in [7, 11) is 3.90. The number of benzene rings is 1. The van der Waals surface area contributed by atoms with Crippen LogP contribution in [-0.4, -0.2) is 73.2 Å². The summed E-state index contributed by atoms with van der Waals surface area (Å²) in [4.78, 5) is 35.7. The molecule has 0 aliphatic rings. The van der Waals surface area contributed by atoms with Crippen molar-refractivity contribution in [3.05, 3.63) is 67.0 Å². The Balaban J connectivity index is 1.36. The molecule has 0 fully saturated rings. The number of fused-ring (bicyclic) bond motifs is 2. The lowest BCUT2D eigenvalue weighted by Crippen LogP contribution is -2.19. The Kier molecular flexibility index (Phi) is 7.51. The first-order chi connectivity index (χ1) is 20.7. The number of ether oxygens (including phenoxy) is 1. The zero-order valence-corrected chi connectivity index (χ0v) is 24.1. The fourth-order valence-corrected chi connectivity index (χ4v) is 4.58. The first-order valence-electron chi connectivity index (χ1n) is 13.8. The van der Waals surface area contributed by atoms with Gasteiger partial charge in [-0.25, -0.2) is 9.37 Å². The highest BCUT2D eigenvalue weighted by atomic mass is 19.1. The van der Waals surface area contributed by atoms with Crippen LogP contribution in [0.3, 0.4) is 0 Å². The molecule has 6 rings (SSSR count). The lowest BCUT2D eigenvalue weighted by Gasteiger charge is -2.12. The number of anilines is 1. The van der Waals surface area contributed by atoms with Gasteiger partial charge in [0.25, 0.3) is 0 Å². The number of aromatic amines is 2. The van der Waals surface area contributed by atoms with Crippen molar-refractivity contribution in [1.82, 2.24) is 40.0 Å². The number of hydrogen-bond donors (Lipinski definition) is 3. The van der Waals surface area contributed by atoms with E-state index in [4.69, 9.17) is 9.72 Å². The first-order valence-corrected chi connectivity index (χ1v) is 13.8. The molecular formula is C31H30FN9O2. The van der Waals surface area contributed by atoms with E-state index >= 15 is 0 Å². The second kappa shape index (κ2) is 11.6. The predicted octanol–water partition coefficient (Wildman–Crippen LogP) is 5.30. The number of carbonyl (C=O) groups excluding carboxylic acids is 1. The molecule has 0 radical (unpaired) electrons. The van der Waals surface area contributed by atoms with Gasteiger partial charge in [0.15, 0.2) is 5.82 Å². The molecule has 0 saturated carbocycles. The minimum atomic E-state index is -0.424. The van der Waals surface area contributed by atoms with Crippen LogP contribution in [0.1, 0.15) is 13.8 Å². The Hall–Kier alpha value is -5.23. The number of likely N-dealkylation sites (N-methyl/N-ethyl adjacent to an activating group) is 1. The second-order valence-corrected chi connectivity index (χ2v) is 10.8. The fourth-order valence-electron chi connectivity index (χ4n) is 4.58. The van der Waals surface area contributed by atoms with Gasteiger partial charge in [-0.2, -0.15) is 5.10 Å². The molecule has 5 aromatic heterocycles. The standard InChI is InChI=1S/C31H30FN9O2/c1-17(2)31(42)36-21-10-19(14-33-15-21)25-13-23-26(16-35-25)39-40-28(23)30-37-24-5-6-34-27(29(24)38-30)18-9-20(32)12-22(11-18)43-8-7-41(3)4/h5-6,9-17H,7-8H2,1-4H3,(H,36,42)(H,37,38)(H,39,40). The number of H-pyrrole nitrogens is 2. The number of halogens is 1. The first kappa shape index (κ1) is 27.9. The van der Waals surface area contributed by atoms with Crippen molar-refractivity contribution in [3.8, 4) is 39.8 Å². The molecule has 1 amide bonds. The minimum absolute atomic E-state index is 0.0930. The Morgan fingerprint density at radius 2 is 1.88 bits per heavy atom. The molecule has 0 unspecified atom stereocenters. The lowest BCUT2D eigenvalue weighted by atomic mass is 10.1. The van der Waals surface area contributed by atoms with Crippen LogP contribution in [-0.2, 0) is 4.79 Å². The molecule has 218 valence electrons. The van der Waals surface area contributed by atoms with Gasteiger partial charge in [-0.3, -0.25) is 24.8 Å². The van der Waals surface area contributed by atoms with Crippen LogP contribution in [0.25, 0.3) is 56.0 Å². The van der Waals surface area contributed by atoms with Crippen LogP contribution in [0, 0.1) is 11.7 Å². The molecule has 5 heterocycles. The van der Waals surface area contributed by atoms with Gasteiger partial charge in [-0.1, -0.05) is 13.8 Å². The minimum Gasteiger partial charge on any atom is -0.492 e. The largest absolute Gasteiger partial charge is 0.492 e. The quantitative estimate of drug-likeness (QED) is 0.210. The summed E-state index contributed by atoms with van der Waals surface area (Å²) in [5.41, 5.74) is 5.66. The summed E-state index contributed by atoms with van der Waals surface area (Å²) in [6, 6.07) is 10.1. The predicted molar refractivity (Wildman–Crippen MR) is 163 cm³/mol. The van der Waals surface area contributed by atoms with E-state index < -0.39 is 5.82 Å². The number of imidazole rings is 1. The SMILES string of the molecule is CC(C)C(=O)Nc1cncc(-c2cc3c(-c4nc5c(-c6cc(F)cc(OCCN(C)C)c6)nccc5[nH]4)n[nH]c3cn2)c1. The van der Waals surface area contributed by atoms with Crippen molar-refractivity contribution in [2.75, 3.05) is 32.6 Å². The smallest absolute Gasteiger partial charge is 0.226 e. The average molecular weight is 580 g/mol. The molecule has 6 aromatic rings. The molecule has 0 aliphatic heterocycles. The van der Waals surface area contributed by atoms with Crippen LogP contribution in [0.4, 0.5) is 10.1 Å². The van der Waals surface area contributed by atoms with Crippen LogP contribution < -0.4 is 10.1 Å². The third kappa shape index (κ3) is 5.90. The van der Waals surface area contributed by atoms with Gasteiger partial charge in [-0.15, -0.1) is 0 Å². The Bertz CT molecular complexity index is 1950. The molecule has 12 heteroatoms. The van der Waals surface area contributed by atoms with E-state index in [0.29, 0.717) is 58.6 Å². The van der Waals surface area contributed by atoms with Gasteiger partial charge in [-0.05, 0) is 44.4 Å². The molecule has 0 spiro atoms. The number of rotatable bonds is 9. The van der Waals surface area contributed by atoms with Gasteiger partial charge in [0, 0.05) is 47.4 Å². The number of amides is 1. The highest BCUT2D eigenvalue weighted by Crippen LogP contribution is 2.33. The summed E-state index contributed by atoms with van der Waals surface area (Å²) in [6.45, 7) is 4.79. The Morgan fingerprint density at radius 1 is 1.02 bits per heavy atom. The monoisotopic (exact) mass is 579 g/mol. The van der Waals surface area contributed by atoms with Crippen molar-refractivity contribution >= 4 is 33.5 Å². The zero-order valence-electron chi connectivity index (χ0n) is 24.1.